The zero-order valence-corrected chi connectivity index (χ0v) is 21.8. The van der Waals surface area contributed by atoms with E-state index in [9.17, 15) is 4.79 Å². The molecule has 31 heavy (non-hydrogen) atoms. The molecule has 1 heterocycles. The van der Waals surface area contributed by atoms with Crippen LogP contribution in [0.3, 0.4) is 0 Å². The molecule has 1 aromatic rings. The third kappa shape index (κ3) is 7.63. The lowest BCUT2D eigenvalue weighted by molar-refractivity contribution is -0.119. The average Bonchev–Trinajstić information content (AvgIpc) is 3.37. The maximum atomic E-state index is 12.4. The Morgan fingerprint density at radius 3 is 2.61 bits per heavy atom. The van der Waals surface area contributed by atoms with E-state index in [-0.39, 0.29) is 35.8 Å². The molecule has 0 bridgehead atoms. The lowest BCUT2D eigenvalue weighted by atomic mass is 10.1. The monoisotopic (exact) mass is 541 g/mol. The molecular formula is C24H40IN5O. The summed E-state index contributed by atoms with van der Waals surface area (Å²) in [5.74, 6) is 1.79. The van der Waals surface area contributed by atoms with Crippen molar-refractivity contribution in [1.82, 2.24) is 15.5 Å². The molecule has 174 valence electrons. The highest BCUT2D eigenvalue weighted by Crippen LogP contribution is 2.26. The van der Waals surface area contributed by atoms with E-state index in [0.717, 1.165) is 49.7 Å². The normalized spacial score (nSPS) is 22.4. The van der Waals surface area contributed by atoms with Crippen molar-refractivity contribution >= 4 is 41.5 Å². The van der Waals surface area contributed by atoms with Gasteiger partial charge in [-0.1, -0.05) is 31.9 Å². The van der Waals surface area contributed by atoms with Gasteiger partial charge in [-0.15, -0.1) is 24.0 Å². The number of nitrogens with zero attached hydrogens (tertiary/aromatic N) is 2. The SMILES string of the molecule is CCNC(=NCc1cccc(NC(=O)C2CCCC2)c1)NC1CN(C(C)C)CC1C.I. The first-order valence-corrected chi connectivity index (χ1v) is 11.6. The molecule has 1 aliphatic carbocycles. The Balaban J connectivity index is 0.00000341. The fourth-order valence-electron chi connectivity index (χ4n) is 4.46. The zero-order chi connectivity index (χ0) is 21.5. The van der Waals surface area contributed by atoms with E-state index in [0.29, 0.717) is 24.5 Å². The van der Waals surface area contributed by atoms with Crippen molar-refractivity contribution in [3.63, 3.8) is 0 Å². The molecule has 2 aliphatic rings. The summed E-state index contributed by atoms with van der Waals surface area (Å²) in [5, 5.41) is 10.1. The lowest BCUT2D eigenvalue weighted by Gasteiger charge is -2.22. The van der Waals surface area contributed by atoms with Crippen LogP contribution in [0.2, 0.25) is 0 Å². The topological polar surface area (TPSA) is 68.8 Å². The second-order valence-electron chi connectivity index (χ2n) is 9.14. The summed E-state index contributed by atoms with van der Waals surface area (Å²) in [6, 6.07) is 9.04. The number of hydrogen-bond acceptors (Lipinski definition) is 3. The number of rotatable bonds is 7. The number of aliphatic imine (C=N–C) groups is 1. The van der Waals surface area contributed by atoms with Gasteiger partial charge in [-0.2, -0.15) is 0 Å². The number of hydrogen-bond donors (Lipinski definition) is 3. The molecule has 1 amide bonds. The minimum atomic E-state index is 0. The van der Waals surface area contributed by atoms with Crippen molar-refractivity contribution in [2.24, 2.45) is 16.8 Å². The van der Waals surface area contributed by atoms with Crippen LogP contribution in [-0.2, 0) is 11.3 Å². The van der Waals surface area contributed by atoms with E-state index in [4.69, 9.17) is 4.99 Å². The molecule has 2 unspecified atom stereocenters. The van der Waals surface area contributed by atoms with Gasteiger partial charge in [0.25, 0.3) is 0 Å². The summed E-state index contributed by atoms with van der Waals surface area (Å²) in [4.78, 5) is 19.7. The van der Waals surface area contributed by atoms with Gasteiger partial charge in [0.1, 0.15) is 0 Å². The summed E-state index contributed by atoms with van der Waals surface area (Å²) < 4.78 is 0. The first kappa shape index (κ1) is 25.9. The summed E-state index contributed by atoms with van der Waals surface area (Å²) >= 11 is 0. The second-order valence-corrected chi connectivity index (χ2v) is 9.14. The van der Waals surface area contributed by atoms with Crippen molar-refractivity contribution in [1.29, 1.82) is 0 Å². The Hall–Kier alpha value is -1.35. The molecule has 3 rings (SSSR count). The first-order chi connectivity index (χ1) is 14.5. The van der Waals surface area contributed by atoms with Crippen LogP contribution < -0.4 is 16.0 Å². The summed E-state index contributed by atoms with van der Waals surface area (Å²) in [6.07, 6.45) is 4.37. The van der Waals surface area contributed by atoms with Crippen LogP contribution in [0.1, 0.15) is 58.9 Å². The summed E-state index contributed by atoms with van der Waals surface area (Å²) in [5.41, 5.74) is 1.97. The molecule has 7 heteroatoms. The molecule has 1 saturated heterocycles. The Bertz CT molecular complexity index is 732. The molecule has 6 nitrogen and oxygen atoms in total. The van der Waals surface area contributed by atoms with E-state index in [1.807, 2.05) is 18.2 Å². The smallest absolute Gasteiger partial charge is 0.227 e. The molecular weight excluding hydrogens is 501 g/mol. The molecule has 1 aliphatic heterocycles. The van der Waals surface area contributed by atoms with Gasteiger partial charge >= 0.3 is 0 Å². The van der Waals surface area contributed by atoms with Gasteiger partial charge in [0.2, 0.25) is 5.91 Å². The van der Waals surface area contributed by atoms with Crippen LogP contribution >= 0.6 is 24.0 Å². The number of nitrogens with one attached hydrogen (secondary N) is 3. The standard InChI is InChI=1S/C24H39N5O.HI/c1-5-25-24(28-22-16-29(17(2)3)15-18(22)4)26-14-19-9-8-12-21(13-19)27-23(30)20-10-6-7-11-20;/h8-9,12-13,17-18,20,22H,5-7,10-11,14-16H2,1-4H3,(H,27,30)(H2,25,26,28);1H. The van der Waals surface area contributed by atoms with E-state index >= 15 is 0 Å². The third-order valence-corrected chi connectivity index (χ3v) is 6.38. The molecule has 0 radical (unpaired) electrons. The van der Waals surface area contributed by atoms with Gasteiger partial charge in [-0.3, -0.25) is 9.69 Å². The van der Waals surface area contributed by atoms with Gasteiger partial charge in [-0.05, 0) is 57.2 Å². The van der Waals surface area contributed by atoms with Crippen molar-refractivity contribution < 1.29 is 4.79 Å². The number of amides is 1. The Labute approximate surface area is 205 Å². The van der Waals surface area contributed by atoms with Gasteiger partial charge in [0.15, 0.2) is 5.96 Å². The largest absolute Gasteiger partial charge is 0.357 e. The van der Waals surface area contributed by atoms with Crippen LogP contribution in [0.25, 0.3) is 0 Å². The minimum Gasteiger partial charge on any atom is -0.357 e. The number of halogens is 1. The molecule has 0 spiro atoms. The van der Waals surface area contributed by atoms with E-state index in [2.05, 4.69) is 54.6 Å². The van der Waals surface area contributed by atoms with Gasteiger partial charge in [-0.25, -0.2) is 4.99 Å². The number of guanidine groups is 1. The quantitative estimate of drug-likeness (QED) is 0.275. The fourth-order valence-corrected chi connectivity index (χ4v) is 4.46. The molecule has 2 fully saturated rings. The van der Waals surface area contributed by atoms with E-state index < -0.39 is 0 Å². The van der Waals surface area contributed by atoms with Gasteiger partial charge < -0.3 is 16.0 Å². The predicted molar refractivity (Wildman–Crippen MR) is 140 cm³/mol. The summed E-state index contributed by atoms with van der Waals surface area (Å²) in [6.45, 7) is 12.5. The number of carbonyl (C=O) groups is 1. The zero-order valence-electron chi connectivity index (χ0n) is 19.5. The number of benzene rings is 1. The first-order valence-electron chi connectivity index (χ1n) is 11.6. The van der Waals surface area contributed by atoms with Crippen molar-refractivity contribution in [3.8, 4) is 0 Å². The molecule has 1 aromatic carbocycles. The molecule has 2 atom stereocenters. The molecule has 0 aromatic heterocycles. The Morgan fingerprint density at radius 1 is 1.23 bits per heavy atom. The van der Waals surface area contributed by atoms with Crippen molar-refractivity contribution in [2.45, 2.75) is 72.0 Å². The predicted octanol–water partition coefficient (Wildman–Crippen LogP) is 4.22. The summed E-state index contributed by atoms with van der Waals surface area (Å²) in [7, 11) is 0. The number of anilines is 1. The highest BCUT2D eigenvalue weighted by Gasteiger charge is 2.31. The highest BCUT2D eigenvalue weighted by atomic mass is 127. The Kier molecular flexibility index (Phi) is 10.6. The van der Waals surface area contributed by atoms with Crippen LogP contribution in [0.5, 0.6) is 0 Å². The third-order valence-electron chi connectivity index (χ3n) is 6.38. The van der Waals surface area contributed by atoms with Crippen LogP contribution in [0.15, 0.2) is 29.3 Å². The highest BCUT2D eigenvalue weighted by molar-refractivity contribution is 14.0. The average molecular weight is 542 g/mol. The number of likely N-dealkylation sites (tertiary alicyclic amines) is 1. The number of carbonyl (C=O) groups excluding carboxylic acids is 1. The maximum Gasteiger partial charge on any atom is 0.227 e. The lowest BCUT2D eigenvalue weighted by Crippen LogP contribution is -2.46. The minimum absolute atomic E-state index is 0. The van der Waals surface area contributed by atoms with E-state index in [1.165, 1.54) is 12.8 Å². The van der Waals surface area contributed by atoms with Gasteiger partial charge in [0.05, 0.1) is 6.54 Å². The van der Waals surface area contributed by atoms with Gasteiger partial charge in [0, 0.05) is 43.3 Å². The van der Waals surface area contributed by atoms with Crippen LogP contribution in [0.4, 0.5) is 5.69 Å². The molecule has 1 saturated carbocycles. The Morgan fingerprint density at radius 2 is 1.97 bits per heavy atom. The van der Waals surface area contributed by atoms with Crippen molar-refractivity contribution in [2.75, 3.05) is 25.0 Å². The maximum absolute atomic E-state index is 12.4. The van der Waals surface area contributed by atoms with E-state index in [1.54, 1.807) is 0 Å². The van der Waals surface area contributed by atoms with Crippen LogP contribution in [-0.4, -0.2) is 48.5 Å². The van der Waals surface area contributed by atoms with Crippen LogP contribution in [0, 0.1) is 11.8 Å². The fraction of sp³-hybridized carbons (Fsp3) is 0.667. The molecule has 3 N–H and O–H groups in total. The van der Waals surface area contributed by atoms with Crippen molar-refractivity contribution in [3.05, 3.63) is 29.8 Å². The second kappa shape index (κ2) is 12.6.